The maximum absolute atomic E-state index is 11.3. The quantitative estimate of drug-likeness (QED) is 0.653. The van der Waals surface area contributed by atoms with E-state index in [1.807, 2.05) is 20.8 Å². The van der Waals surface area contributed by atoms with Gasteiger partial charge in [0.25, 0.3) is 0 Å². The molecule has 1 heterocycles. The number of hydrogen-bond acceptors (Lipinski definition) is 4. The lowest BCUT2D eigenvalue weighted by Crippen LogP contribution is -2.57. The molecule has 0 spiro atoms. The number of carboxylic acids is 1. The molecule has 5 nitrogen and oxygen atoms in total. The van der Waals surface area contributed by atoms with E-state index >= 15 is 0 Å². The highest BCUT2D eigenvalue weighted by Gasteiger charge is 2.50. The van der Waals surface area contributed by atoms with Crippen LogP contribution in [-0.2, 0) is 14.0 Å². The summed E-state index contributed by atoms with van der Waals surface area (Å²) in [6, 6.07) is 0. The van der Waals surface area contributed by atoms with Crippen molar-refractivity contribution in [3.8, 4) is 0 Å². The van der Waals surface area contributed by atoms with Crippen molar-refractivity contribution in [2.24, 2.45) is 5.41 Å². The molecule has 2 N–H and O–H groups in total. The fourth-order valence-corrected chi connectivity index (χ4v) is 4.50. The van der Waals surface area contributed by atoms with Crippen molar-refractivity contribution in [2.75, 3.05) is 0 Å². The molecule has 0 aromatic carbocycles. The van der Waals surface area contributed by atoms with Crippen molar-refractivity contribution in [3.05, 3.63) is 0 Å². The number of carbonyl (C=O) groups is 1. The molecule has 0 aliphatic carbocycles. The van der Waals surface area contributed by atoms with Crippen molar-refractivity contribution in [1.29, 1.82) is 0 Å². The van der Waals surface area contributed by atoms with E-state index in [1.54, 1.807) is 0 Å². The van der Waals surface area contributed by atoms with Crippen LogP contribution in [0.1, 0.15) is 67.2 Å². The highest BCUT2D eigenvalue weighted by molar-refractivity contribution is 6.74. The average molecular weight is 375 g/mol. The molecule has 25 heavy (non-hydrogen) atoms. The summed E-state index contributed by atoms with van der Waals surface area (Å²) in [5.41, 5.74) is -0.387. The molecule has 6 heteroatoms. The molecule has 1 aliphatic heterocycles. The SMILES string of the molecule is CC[C@@H](O)C[C@@H]1C[C@H](O[Si](C)(C)C(C)(C)C)C(C)(C)[C@H](CC(=O)O)O1. The first kappa shape index (κ1) is 22.6. The number of hydrogen-bond donors (Lipinski definition) is 2. The van der Waals surface area contributed by atoms with Crippen LogP contribution in [0, 0.1) is 5.41 Å². The molecule has 0 amide bonds. The van der Waals surface area contributed by atoms with Gasteiger partial charge in [-0.25, -0.2) is 0 Å². The zero-order valence-corrected chi connectivity index (χ0v) is 18.3. The molecular formula is C19H38O5Si. The molecule has 0 aromatic heterocycles. The van der Waals surface area contributed by atoms with Crippen molar-refractivity contribution >= 4 is 14.3 Å². The van der Waals surface area contributed by atoms with Crippen molar-refractivity contribution in [2.45, 2.75) is 110 Å². The van der Waals surface area contributed by atoms with Crippen molar-refractivity contribution in [3.63, 3.8) is 0 Å². The maximum Gasteiger partial charge on any atom is 0.306 e. The fraction of sp³-hybridized carbons (Fsp3) is 0.947. The van der Waals surface area contributed by atoms with Gasteiger partial charge >= 0.3 is 5.97 Å². The Bertz CT molecular complexity index is 455. The molecule has 0 aromatic rings. The van der Waals surface area contributed by atoms with E-state index in [-0.39, 0.29) is 29.1 Å². The Labute approximate surface area is 154 Å². The summed E-state index contributed by atoms with van der Waals surface area (Å²) in [5.74, 6) is -0.860. The van der Waals surface area contributed by atoms with Crippen LogP contribution in [0.5, 0.6) is 0 Å². The predicted octanol–water partition coefficient (Wildman–Crippen LogP) is 4.20. The van der Waals surface area contributed by atoms with Gasteiger partial charge in [0.05, 0.1) is 30.8 Å². The number of aliphatic carboxylic acids is 1. The lowest BCUT2D eigenvalue weighted by Gasteiger charge is -2.51. The van der Waals surface area contributed by atoms with E-state index in [0.29, 0.717) is 19.3 Å². The third kappa shape index (κ3) is 5.78. The summed E-state index contributed by atoms with van der Waals surface area (Å²) in [6.45, 7) is 17.1. The standard InChI is InChI=1S/C19H38O5Si/c1-9-13(20)10-14-11-16(24-25(7,8)18(2,3)4)19(5,6)15(23-14)12-17(21)22/h13-16,20H,9-12H2,1-8H3,(H,21,22)/t13-,14-,15+,16+/m1/s1. The lowest BCUT2D eigenvalue weighted by atomic mass is 9.74. The number of rotatable bonds is 7. The summed E-state index contributed by atoms with van der Waals surface area (Å²) < 4.78 is 12.8. The Hall–Kier alpha value is -0.433. The molecule has 0 saturated carbocycles. The summed E-state index contributed by atoms with van der Waals surface area (Å²) in [4.78, 5) is 11.3. The van der Waals surface area contributed by atoms with Gasteiger partial charge in [-0.05, 0) is 37.4 Å². The van der Waals surface area contributed by atoms with Crippen LogP contribution in [-0.4, -0.2) is 48.9 Å². The van der Waals surface area contributed by atoms with Crippen LogP contribution in [0.3, 0.4) is 0 Å². The minimum absolute atomic E-state index is 0.0386. The first-order chi connectivity index (χ1) is 11.2. The number of aliphatic hydroxyl groups excluding tert-OH is 1. The number of carboxylic acid groups (broad SMARTS) is 1. The highest BCUT2D eigenvalue weighted by atomic mass is 28.4. The van der Waals surface area contributed by atoms with Gasteiger partial charge in [-0.2, -0.15) is 0 Å². The van der Waals surface area contributed by atoms with Crippen molar-refractivity contribution < 1.29 is 24.2 Å². The van der Waals surface area contributed by atoms with E-state index in [2.05, 4.69) is 33.9 Å². The molecule has 1 fully saturated rings. The van der Waals surface area contributed by atoms with Crippen LogP contribution < -0.4 is 0 Å². The Morgan fingerprint density at radius 3 is 2.36 bits per heavy atom. The third-order valence-electron chi connectivity index (χ3n) is 6.10. The zero-order chi connectivity index (χ0) is 19.6. The van der Waals surface area contributed by atoms with Gasteiger partial charge in [0.15, 0.2) is 8.32 Å². The summed E-state index contributed by atoms with van der Waals surface area (Å²) in [7, 11) is -1.99. The van der Waals surface area contributed by atoms with Crippen LogP contribution in [0.2, 0.25) is 18.1 Å². The molecule has 4 atom stereocenters. The van der Waals surface area contributed by atoms with Crippen LogP contribution in [0.25, 0.3) is 0 Å². The van der Waals surface area contributed by atoms with E-state index in [0.717, 1.165) is 0 Å². The van der Waals surface area contributed by atoms with Crippen LogP contribution >= 0.6 is 0 Å². The Morgan fingerprint density at radius 2 is 1.92 bits per heavy atom. The van der Waals surface area contributed by atoms with Gasteiger partial charge in [-0.1, -0.05) is 41.5 Å². The lowest BCUT2D eigenvalue weighted by molar-refractivity contribution is -0.184. The molecular weight excluding hydrogens is 336 g/mol. The zero-order valence-electron chi connectivity index (χ0n) is 17.3. The second kappa shape index (κ2) is 8.07. The van der Waals surface area contributed by atoms with E-state index in [9.17, 15) is 15.0 Å². The molecule has 148 valence electrons. The summed E-state index contributed by atoms with van der Waals surface area (Å²) in [6.07, 6.45) is 0.784. The predicted molar refractivity (Wildman–Crippen MR) is 102 cm³/mol. The molecule has 1 aliphatic rings. The second-order valence-electron chi connectivity index (χ2n) is 9.57. The molecule has 1 rings (SSSR count). The summed E-state index contributed by atoms with van der Waals surface area (Å²) in [5, 5.41) is 19.4. The van der Waals surface area contributed by atoms with Gasteiger partial charge in [-0.15, -0.1) is 0 Å². The Kier molecular flexibility index (Phi) is 7.30. The van der Waals surface area contributed by atoms with Crippen molar-refractivity contribution in [1.82, 2.24) is 0 Å². The average Bonchev–Trinajstić information content (AvgIpc) is 2.42. The fourth-order valence-electron chi connectivity index (χ4n) is 3.04. The van der Waals surface area contributed by atoms with E-state index < -0.39 is 26.5 Å². The minimum atomic E-state index is -1.99. The smallest absolute Gasteiger partial charge is 0.306 e. The minimum Gasteiger partial charge on any atom is -0.481 e. The number of aliphatic hydroxyl groups is 1. The van der Waals surface area contributed by atoms with E-state index in [4.69, 9.17) is 9.16 Å². The molecule has 0 bridgehead atoms. The molecule has 0 unspecified atom stereocenters. The van der Waals surface area contributed by atoms with Gasteiger partial charge in [0, 0.05) is 5.41 Å². The van der Waals surface area contributed by atoms with Gasteiger partial charge in [-0.3, -0.25) is 4.79 Å². The molecule has 1 saturated heterocycles. The number of ether oxygens (including phenoxy) is 1. The Morgan fingerprint density at radius 1 is 1.36 bits per heavy atom. The highest BCUT2D eigenvalue weighted by Crippen LogP contribution is 2.45. The second-order valence-corrected chi connectivity index (χ2v) is 14.3. The van der Waals surface area contributed by atoms with Gasteiger partial charge in [0.1, 0.15) is 0 Å². The Balaban J connectivity index is 3.06. The topological polar surface area (TPSA) is 76.0 Å². The van der Waals surface area contributed by atoms with Gasteiger partial charge in [0.2, 0.25) is 0 Å². The largest absolute Gasteiger partial charge is 0.481 e. The van der Waals surface area contributed by atoms with E-state index in [1.165, 1.54) is 0 Å². The molecule has 0 radical (unpaired) electrons. The third-order valence-corrected chi connectivity index (χ3v) is 10.6. The van der Waals surface area contributed by atoms with Gasteiger partial charge < -0.3 is 19.4 Å². The normalized spacial score (nSPS) is 28.6. The summed E-state index contributed by atoms with van der Waals surface area (Å²) >= 11 is 0. The van der Waals surface area contributed by atoms with Crippen LogP contribution in [0.4, 0.5) is 0 Å². The first-order valence-electron chi connectivity index (χ1n) is 9.43. The monoisotopic (exact) mass is 374 g/mol. The maximum atomic E-state index is 11.3. The van der Waals surface area contributed by atoms with Crippen LogP contribution in [0.15, 0.2) is 0 Å². The first-order valence-corrected chi connectivity index (χ1v) is 12.3.